The van der Waals surface area contributed by atoms with Gasteiger partial charge in [-0.15, -0.1) is 0 Å². The first-order valence-electron chi connectivity index (χ1n) is 6.02. The zero-order valence-electron chi connectivity index (χ0n) is 11.4. The van der Waals surface area contributed by atoms with Crippen molar-refractivity contribution in [1.29, 1.82) is 0 Å². The highest BCUT2D eigenvalue weighted by Gasteiger charge is 2.20. The molecule has 0 aromatic carbocycles. The monoisotopic (exact) mass is 258 g/mol. The van der Waals surface area contributed by atoms with E-state index in [0.717, 1.165) is 23.7 Å². The molecule has 0 saturated heterocycles. The summed E-state index contributed by atoms with van der Waals surface area (Å²) in [4.78, 5) is 2.17. The Hall–Kier alpha value is -0.580. The molecule has 0 aliphatic carbocycles. The molecule has 1 heterocycles. The van der Waals surface area contributed by atoms with Gasteiger partial charge in [0.25, 0.3) is 0 Å². The van der Waals surface area contributed by atoms with Gasteiger partial charge in [0.05, 0.1) is 23.0 Å². The summed E-state index contributed by atoms with van der Waals surface area (Å²) in [7, 11) is 6.12. The fourth-order valence-electron chi connectivity index (χ4n) is 1.89. The Kier molecular flexibility index (Phi) is 5.43. The highest BCUT2D eigenvalue weighted by Crippen LogP contribution is 2.27. The SMILES string of the molecule is CNC(CCN(C)C)c1c(Cl)cnn1C(C)C. The van der Waals surface area contributed by atoms with E-state index in [9.17, 15) is 0 Å². The minimum Gasteiger partial charge on any atom is -0.312 e. The van der Waals surface area contributed by atoms with Gasteiger partial charge < -0.3 is 10.2 Å². The van der Waals surface area contributed by atoms with Crippen LogP contribution in [0.1, 0.15) is 38.0 Å². The summed E-state index contributed by atoms with van der Waals surface area (Å²) in [6.45, 7) is 5.25. The summed E-state index contributed by atoms with van der Waals surface area (Å²) in [5.74, 6) is 0. The largest absolute Gasteiger partial charge is 0.312 e. The lowest BCUT2D eigenvalue weighted by molar-refractivity contribution is 0.355. The number of hydrogen-bond donors (Lipinski definition) is 1. The molecule has 17 heavy (non-hydrogen) atoms. The molecule has 1 N–H and O–H groups in total. The molecule has 1 unspecified atom stereocenters. The Bertz CT molecular complexity index is 346. The van der Waals surface area contributed by atoms with Crippen LogP contribution in [-0.4, -0.2) is 42.4 Å². The molecule has 0 radical (unpaired) electrons. The van der Waals surface area contributed by atoms with Crippen LogP contribution in [-0.2, 0) is 0 Å². The van der Waals surface area contributed by atoms with E-state index >= 15 is 0 Å². The van der Waals surface area contributed by atoms with Crippen molar-refractivity contribution in [1.82, 2.24) is 20.0 Å². The van der Waals surface area contributed by atoms with Crippen molar-refractivity contribution in [3.8, 4) is 0 Å². The predicted molar refractivity (Wildman–Crippen MR) is 72.6 cm³/mol. The lowest BCUT2D eigenvalue weighted by atomic mass is 10.1. The number of hydrogen-bond acceptors (Lipinski definition) is 3. The van der Waals surface area contributed by atoms with Gasteiger partial charge >= 0.3 is 0 Å². The summed E-state index contributed by atoms with van der Waals surface area (Å²) >= 11 is 6.24. The second-order valence-corrected chi connectivity index (χ2v) is 5.26. The fraction of sp³-hybridized carbons (Fsp3) is 0.750. The smallest absolute Gasteiger partial charge is 0.0834 e. The second-order valence-electron chi connectivity index (χ2n) is 4.85. The van der Waals surface area contributed by atoms with Crippen LogP contribution in [0.15, 0.2) is 6.20 Å². The molecule has 0 spiro atoms. The quantitative estimate of drug-likeness (QED) is 0.850. The third-order valence-corrected chi connectivity index (χ3v) is 3.11. The van der Waals surface area contributed by atoms with Crippen LogP contribution in [0.3, 0.4) is 0 Å². The average Bonchev–Trinajstić information content (AvgIpc) is 2.62. The molecular weight excluding hydrogens is 236 g/mol. The van der Waals surface area contributed by atoms with Crippen LogP contribution in [0.5, 0.6) is 0 Å². The van der Waals surface area contributed by atoms with E-state index < -0.39 is 0 Å². The molecule has 0 saturated carbocycles. The zero-order valence-corrected chi connectivity index (χ0v) is 12.1. The van der Waals surface area contributed by atoms with Crippen LogP contribution >= 0.6 is 11.6 Å². The minimum atomic E-state index is 0.245. The van der Waals surface area contributed by atoms with Gasteiger partial charge in [-0.05, 0) is 48.0 Å². The van der Waals surface area contributed by atoms with Gasteiger partial charge in [-0.3, -0.25) is 4.68 Å². The lowest BCUT2D eigenvalue weighted by Crippen LogP contribution is -2.26. The molecule has 0 fully saturated rings. The first-order valence-corrected chi connectivity index (χ1v) is 6.40. The average molecular weight is 259 g/mol. The zero-order chi connectivity index (χ0) is 13.0. The Morgan fingerprint density at radius 3 is 2.59 bits per heavy atom. The van der Waals surface area contributed by atoms with Crippen LogP contribution in [0.25, 0.3) is 0 Å². The van der Waals surface area contributed by atoms with Crippen molar-refractivity contribution in [3.63, 3.8) is 0 Å². The van der Waals surface area contributed by atoms with Gasteiger partial charge in [-0.1, -0.05) is 11.6 Å². The third-order valence-electron chi connectivity index (χ3n) is 2.82. The first kappa shape index (κ1) is 14.5. The Balaban J connectivity index is 2.90. The second kappa shape index (κ2) is 6.38. The molecule has 98 valence electrons. The number of rotatable bonds is 6. The first-order chi connectivity index (χ1) is 7.97. The topological polar surface area (TPSA) is 33.1 Å². The predicted octanol–water partition coefficient (Wildman–Crippen LogP) is 2.33. The van der Waals surface area contributed by atoms with Gasteiger partial charge in [0.15, 0.2) is 0 Å². The van der Waals surface area contributed by atoms with E-state index in [1.165, 1.54) is 0 Å². The molecule has 0 aliphatic rings. The molecule has 5 heteroatoms. The molecule has 0 bridgehead atoms. The fourth-order valence-corrected chi connectivity index (χ4v) is 2.16. The lowest BCUT2D eigenvalue weighted by Gasteiger charge is -2.22. The summed E-state index contributed by atoms with van der Waals surface area (Å²) in [5, 5.41) is 8.41. The van der Waals surface area contributed by atoms with Gasteiger partial charge in [0.2, 0.25) is 0 Å². The summed E-state index contributed by atoms with van der Waals surface area (Å²) in [6.07, 6.45) is 2.75. The third kappa shape index (κ3) is 3.69. The van der Waals surface area contributed by atoms with E-state index in [-0.39, 0.29) is 6.04 Å². The van der Waals surface area contributed by atoms with Crippen LogP contribution in [0, 0.1) is 0 Å². The standard InChI is InChI=1S/C12H23ClN4/c1-9(2)17-12(10(13)8-15-17)11(14-3)6-7-16(4)5/h8-9,11,14H,6-7H2,1-5H3. The highest BCUT2D eigenvalue weighted by molar-refractivity contribution is 6.31. The maximum absolute atomic E-state index is 6.24. The maximum Gasteiger partial charge on any atom is 0.0834 e. The van der Waals surface area contributed by atoms with Crippen molar-refractivity contribution in [2.45, 2.75) is 32.4 Å². The molecule has 1 aromatic heterocycles. The number of aromatic nitrogens is 2. The van der Waals surface area contributed by atoms with Gasteiger partial charge in [-0.25, -0.2) is 0 Å². The molecule has 1 atom stereocenters. The van der Waals surface area contributed by atoms with Gasteiger partial charge in [0, 0.05) is 6.04 Å². The van der Waals surface area contributed by atoms with Gasteiger partial charge in [-0.2, -0.15) is 5.10 Å². The Morgan fingerprint density at radius 2 is 2.12 bits per heavy atom. The molecule has 0 amide bonds. The summed E-state index contributed by atoms with van der Waals surface area (Å²) in [5.41, 5.74) is 1.09. The summed E-state index contributed by atoms with van der Waals surface area (Å²) < 4.78 is 2.00. The molecule has 1 rings (SSSR count). The van der Waals surface area contributed by atoms with E-state index in [1.807, 2.05) is 11.7 Å². The molecule has 1 aromatic rings. The van der Waals surface area contributed by atoms with Crippen molar-refractivity contribution in [3.05, 3.63) is 16.9 Å². The normalized spacial score (nSPS) is 13.6. The Labute approximate surface area is 109 Å². The van der Waals surface area contributed by atoms with Crippen molar-refractivity contribution in [2.24, 2.45) is 0 Å². The number of nitrogens with one attached hydrogen (secondary N) is 1. The molecule has 4 nitrogen and oxygen atoms in total. The van der Waals surface area contributed by atoms with E-state index in [0.29, 0.717) is 6.04 Å². The van der Waals surface area contributed by atoms with Crippen molar-refractivity contribution >= 4 is 11.6 Å². The van der Waals surface area contributed by atoms with Crippen LogP contribution in [0.2, 0.25) is 5.02 Å². The number of halogens is 1. The van der Waals surface area contributed by atoms with Crippen molar-refractivity contribution in [2.75, 3.05) is 27.7 Å². The van der Waals surface area contributed by atoms with Crippen molar-refractivity contribution < 1.29 is 0 Å². The van der Waals surface area contributed by atoms with E-state index in [1.54, 1.807) is 6.20 Å². The van der Waals surface area contributed by atoms with Crippen LogP contribution in [0.4, 0.5) is 0 Å². The molecule has 0 aliphatic heterocycles. The summed E-state index contributed by atoms with van der Waals surface area (Å²) in [6, 6.07) is 0.572. The van der Waals surface area contributed by atoms with Gasteiger partial charge in [0.1, 0.15) is 0 Å². The molecular formula is C12H23ClN4. The van der Waals surface area contributed by atoms with E-state index in [2.05, 4.69) is 43.3 Å². The minimum absolute atomic E-state index is 0.245. The highest BCUT2D eigenvalue weighted by atomic mass is 35.5. The Morgan fingerprint density at radius 1 is 1.47 bits per heavy atom. The van der Waals surface area contributed by atoms with Crippen LogP contribution < -0.4 is 5.32 Å². The number of nitrogens with zero attached hydrogens (tertiary/aromatic N) is 3. The maximum atomic E-state index is 6.24. The van der Waals surface area contributed by atoms with E-state index in [4.69, 9.17) is 11.6 Å².